The predicted octanol–water partition coefficient (Wildman–Crippen LogP) is 12.5. The maximum absolute atomic E-state index is 6.78. The number of hydrogen-bond donors (Lipinski definition) is 0. The molecule has 1 aliphatic carbocycles. The lowest BCUT2D eigenvalue weighted by molar-refractivity contribution is 0.347. The van der Waals surface area contributed by atoms with Crippen molar-refractivity contribution in [2.75, 3.05) is 0 Å². The van der Waals surface area contributed by atoms with E-state index in [2.05, 4.69) is 150 Å². The zero-order valence-corrected chi connectivity index (χ0v) is 31.3. The lowest BCUT2D eigenvalue weighted by atomic mass is 9.69. The predicted molar refractivity (Wildman–Crippen MR) is 209 cm³/mol. The van der Waals surface area contributed by atoms with E-state index in [0.29, 0.717) is 29.6 Å². The van der Waals surface area contributed by atoms with Gasteiger partial charge in [-0.25, -0.2) is 9.67 Å². The molecule has 7 rings (SSSR count). The number of pyridine rings is 1. The van der Waals surface area contributed by atoms with Crippen molar-refractivity contribution in [3.05, 3.63) is 119 Å². The number of ether oxygens (including phenoxy) is 1. The summed E-state index contributed by atoms with van der Waals surface area (Å²) in [5.41, 5.74) is 11.1. The first-order chi connectivity index (χ1) is 24.1. The van der Waals surface area contributed by atoms with Crippen LogP contribution in [0.25, 0.3) is 33.3 Å². The number of aromatic nitrogens is 4. The minimum absolute atomic E-state index is 0.331. The molecule has 1 aliphatic rings. The average Bonchev–Trinajstić information content (AvgIpc) is 3.59. The van der Waals surface area contributed by atoms with Crippen LogP contribution in [0.5, 0.6) is 11.5 Å². The van der Waals surface area contributed by atoms with Crippen LogP contribution < -0.4 is 4.74 Å². The van der Waals surface area contributed by atoms with E-state index >= 15 is 0 Å². The molecule has 0 bridgehead atoms. The quantitative estimate of drug-likeness (QED) is 0.145. The molecular weight excluding hydrogens is 613 g/mol. The third-order valence-electron chi connectivity index (χ3n) is 11.0. The van der Waals surface area contributed by atoms with Crippen LogP contribution in [-0.2, 0) is 0 Å². The molecule has 5 heteroatoms. The van der Waals surface area contributed by atoms with Crippen LogP contribution in [0, 0.1) is 25.7 Å². The highest BCUT2D eigenvalue weighted by atomic mass is 16.5. The summed E-state index contributed by atoms with van der Waals surface area (Å²) in [6.07, 6.45) is 7.95. The van der Waals surface area contributed by atoms with Crippen LogP contribution in [0.3, 0.4) is 0 Å². The number of allylic oxidation sites excluding steroid dienone is 2. The van der Waals surface area contributed by atoms with E-state index in [4.69, 9.17) is 14.8 Å². The van der Waals surface area contributed by atoms with E-state index in [1.165, 1.54) is 46.0 Å². The van der Waals surface area contributed by atoms with Crippen molar-refractivity contribution in [3.8, 4) is 23.0 Å². The minimum atomic E-state index is 0.331. The molecular formula is C45H52N4O. The van der Waals surface area contributed by atoms with Crippen molar-refractivity contribution in [2.45, 2.75) is 99.3 Å². The van der Waals surface area contributed by atoms with Crippen LogP contribution in [0.1, 0.15) is 114 Å². The van der Waals surface area contributed by atoms with Crippen molar-refractivity contribution in [1.29, 1.82) is 0 Å². The Balaban J connectivity index is 1.32. The van der Waals surface area contributed by atoms with Gasteiger partial charge in [-0.1, -0.05) is 84.7 Å². The highest BCUT2D eigenvalue weighted by Gasteiger charge is 2.34. The number of rotatable bonds is 9. The topological polar surface area (TPSA) is 44.9 Å². The van der Waals surface area contributed by atoms with Crippen LogP contribution in [0.2, 0.25) is 0 Å². The van der Waals surface area contributed by atoms with Crippen molar-refractivity contribution in [2.24, 2.45) is 11.8 Å². The number of benzene rings is 3. The van der Waals surface area contributed by atoms with E-state index in [-0.39, 0.29) is 0 Å². The molecule has 0 aliphatic heterocycles. The van der Waals surface area contributed by atoms with Crippen molar-refractivity contribution < 1.29 is 4.74 Å². The Morgan fingerprint density at radius 1 is 0.820 bits per heavy atom. The third kappa shape index (κ3) is 6.05. The van der Waals surface area contributed by atoms with Crippen LogP contribution in [0.4, 0.5) is 0 Å². The van der Waals surface area contributed by atoms with Crippen LogP contribution in [-0.4, -0.2) is 19.3 Å². The Morgan fingerprint density at radius 2 is 1.58 bits per heavy atom. The smallest absolute Gasteiger partial charge is 0.137 e. The van der Waals surface area contributed by atoms with Gasteiger partial charge in [0.25, 0.3) is 0 Å². The molecule has 0 saturated carbocycles. The van der Waals surface area contributed by atoms with Crippen LogP contribution >= 0.6 is 0 Å². The molecule has 50 heavy (non-hydrogen) atoms. The van der Waals surface area contributed by atoms with Crippen molar-refractivity contribution >= 4 is 21.8 Å². The van der Waals surface area contributed by atoms with Gasteiger partial charge in [-0.15, -0.1) is 0 Å². The Hall–Kier alpha value is -4.64. The molecule has 1 unspecified atom stereocenters. The molecule has 0 amide bonds. The van der Waals surface area contributed by atoms with Gasteiger partial charge in [0, 0.05) is 46.3 Å². The number of fused-ring (bicyclic) bond motifs is 3. The van der Waals surface area contributed by atoms with Gasteiger partial charge in [0.1, 0.15) is 17.3 Å². The summed E-state index contributed by atoms with van der Waals surface area (Å²) in [6.45, 7) is 20.4. The lowest BCUT2D eigenvalue weighted by Gasteiger charge is -2.35. The van der Waals surface area contributed by atoms with E-state index in [9.17, 15) is 0 Å². The highest BCUT2D eigenvalue weighted by molar-refractivity contribution is 6.09. The molecule has 0 radical (unpaired) electrons. The van der Waals surface area contributed by atoms with E-state index in [1.54, 1.807) is 5.57 Å². The molecule has 3 atom stereocenters. The molecule has 258 valence electrons. The number of nitrogens with zero attached hydrogens (tertiary/aromatic N) is 4. The summed E-state index contributed by atoms with van der Waals surface area (Å²) in [7, 11) is 0. The highest BCUT2D eigenvalue weighted by Crippen LogP contribution is 2.46. The minimum Gasteiger partial charge on any atom is -0.457 e. The fourth-order valence-electron chi connectivity index (χ4n) is 8.40. The summed E-state index contributed by atoms with van der Waals surface area (Å²) in [4.78, 5) is 4.84. The second-order valence-electron chi connectivity index (χ2n) is 15.1. The normalized spacial score (nSPS) is 18.1. The van der Waals surface area contributed by atoms with Gasteiger partial charge in [-0.05, 0) is 104 Å². The largest absolute Gasteiger partial charge is 0.457 e. The monoisotopic (exact) mass is 664 g/mol. The summed E-state index contributed by atoms with van der Waals surface area (Å²) in [5, 5.41) is 7.60. The second kappa shape index (κ2) is 13.6. The molecule has 0 spiro atoms. The van der Waals surface area contributed by atoms with Gasteiger partial charge < -0.3 is 4.74 Å². The molecule has 3 aromatic carbocycles. The molecule has 6 aromatic rings. The molecule has 5 nitrogen and oxygen atoms in total. The number of para-hydroxylation sites is 1. The maximum Gasteiger partial charge on any atom is 0.137 e. The molecule has 3 aromatic heterocycles. The summed E-state index contributed by atoms with van der Waals surface area (Å²) < 4.78 is 11.2. The van der Waals surface area contributed by atoms with Gasteiger partial charge in [0.05, 0.1) is 22.4 Å². The van der Waals surface area contributed by atoms with Gasteiger partial charge in [-0.2, -0.15) is 5.10 Å². The molecule has 0 saturated heterocycles. The second-order valence-corrected chi connectivity index (χ2v) is 15.1. The Kier molecular flexibility index (Phi) is 9.19. The SMILES string of the molecule is CCC1=C[C@H](C)C[C@H](CC)C1c1c(C)nn(-c2cc(Oc3ccc4c5ccccc5n(-c5cc(C(C)C)ccn5)c4c3)cc(C(C)C)c2)c1C. The molecule has 0 N–H and O–H groups in total. The molecule has 0 fully saturated rings. The average molecular weight is 665 g/mol. The van der Waals surface area contributed by atoms with Gasteiger partial charge >= 0.3 is 0 Å². The molecule has 3 heterocycles. The Morgan fingerprint density at radius 3 is 2.32 bits per heavy atom. The van der Waals surface area contributed by atoms with Crippen LogP contribution in [0.15, 0.2) is 90.6 Å². The first-order valence-corrected chi connectivity index (χ1v) is 18.7. The summed E-state index contributed by atoms with van der Waals surface area (Å²) in [5.74, 6) is 4.96. The summed E-state index contributed by atoms with van der Waals surface area (Å²) in [6, 6.07) is 25.9. The van der Waals surface area contributed by atoms with Gasteiger partial charge in [-0.3, -0.25) is 4.57 Å². The third-order valence-corrected chi connectivity index (χ3v) is 11.0. The number of aryl methyl sites for hydroxylation is 1. The Labute approximate surface area is 298 Å². The first-order valence-electron chi connectivity index (χ1n) is 18.7. The van der Waals surface area contributed by atoms with Gasteiger partial charge in [0.15, 0.2) is 0 Å². The fourth-order valence-corrected chi connectivity index (χ4v) is 8.40. The zero-order chi connectivity index (χ0) is 35.3. The maximum atomic E-state index is 6.78. The first kappa shape index (κ1) is 33.8. The van der Waals surface area contributed by atoms with Crippen molar-refractivity contribution in [1.82, 2.24) is 19.3 Å². The standard InChI is InChI=1S/C45H52N4O/c1-10-32-20-29(7)21-33(11-2)45(32)44-30(8)47-49(31(44)9)36-22-35(28(5)6)23-38(25-36)50-37-16-17-40-39-14-12-13-15-41(39)48(42(40)26-37)43-24-34(27(3)4)18-19-46-43/h12-20,22-29,33,45H,10-11,21H2,1-9H3/t29-,33-,45?/m0/s1. The number of hydrogen-bond acceptors (Lipinski definition) is 3. The van der Waals surface area contributed by atoms with E-state index in [1.807, 2.05) is 6.20 Å². The van der Waals surface area contributed by atoms with E-state index < -0.39 is 0 Å². The van der Waals surface area contributed by atoms with Crippen molar-refractivity contribution in [3.63, 3.8) is 0 Å². The fraction of sp³-hybridized carbons (Fsp3) is 0.378. The Bertz CT molecular complexity index is 2210. The summed E-state index contributed by atoms with van der Waals surface area (Å²) >= 11 is 0. The van der Waals surface area contributed by atoms with E-state index in [0.717, 1.165) is 46.2 Å². The lowest BCUT2D eigenvalue weighted by Crippen LogP contribution is -2.23. The zero-order valence-electron chi connectivity index (χ0n) is 31.3. The van der Waals surface area contributed by atoms with Gasteiger partial charge in [0.2, 0.25) is 0 Å².